The van der Waals surface area contributed by atoms with E-state index in [0.717, 1.165) is 24.6 Å². The van der Waals surface area contributed by atoms with E-state index in [4.69, 9.17) is 9.47 Å². The Balaban J connectivity index is 2.31. The van der Waals surface area contributed by atoms with Gasteiger partial charge in [0.25, 0.3) is 0 Å². The predicted molar refractivity (Wildman–Crippen MR) is 73.6 cm³/mol. The fourth-order valence-electron chi connectivity index (χ4n) is 2.51. The molecule has 0 aliphatic carbocycles. The van der Waals surface area contributed by atoms with E-state index in [2.05, 4.69) is 31.3 Å². The van der Waals surface area contributed by atoms with Crippen LogP contribution < -0.4 is 14.8 Å². The molecule has 0 spiro atoms. The van der Waals surface area contributed by atoms with Crippen LogP contribution in [0.15, 0.2) is 18.2 Å². The summed E-state index contributed by atoms with van der Waals surface area (Å²) in [6.07, 6.45) is 2.50. The van der Waals surface area contributed by atoms with Crippen LogP contribution in [0.25, 0.3) is 0 Å². The molecule has 1 aromatic carbocycles. The van der Waals surface area contributed by atoms with Crippen molar-refractivity contribution in [3.63, 3.8) is 0 Å². The smallest absolute Gasteiger partial charge is 0.164 e. The summed E-state index contributed by atoms with van der Waals surface area (Å²) in [5, 5.41) is 3.40. The third-order valence-corrected chi connectivity index (χ3v) is 3.36. The molecule has 0 amide bonds. The zero-order valence-corrected chi connectivity index (χ0v) is 11.5. The Labute approximate surface area is 109 Å². The van der Waals surface area contributed by atoms with Gasteiger partial charge < -0.3 is 14.8 Å². The van der Waals surface area contributed by atoms with Crippen molar-refractivity contribution in [2.75, 3.05) is 20.2 Å². The number of rotatable bonds is 4. The Morgan fingerprint density at radius 2 is 1.94 bits per heavy atom. The second-order valence-electron chi connectivity index (χ2n) is 5.07. The molecule has 3 nitrogen and oxygen atoms in total. The highest BCUT2D eigenvalue weighted by atomic mass is 16.5. The van der Waals surface area contributed by atoms with Crippen molar-refractivity contribution in [2.24, 2.45) is 0 Å². The normalized spacial score (nSPS) is 16.9. The molecule has 18 heavy (non-hydrogen) atoms. The van der Waals surface area contributed by atoms with Crippen LogP contribution in [0.5, 0.6) is 11.5 Å². The fraction of sp³-hybridized carbons (Fsp3) is 0.600. The third-order valence-electron chi connectivity index (χ3n) is 3.36. The minimum absolute atomic E-state index is 0.168. The quantitative estimate of drug-likeness (QED) is 0.890. The summed E-state index contributed by atoms with van der Waals surface area (Å²) < 4.78 is 11.4. The minimum Gasteiger partial charge on any atom is -0.493 e. The molecule has 100 valence electrons. The SMILES string of the molecule is COc1cccc(C2CCNCC2)c1OC(C)C. The van der Waals surface area contributed by atoms with Crippen LogP contribution in [0.4, 0.5) is 0 Å². The standard InChI is InChI=1S/C15H23NO2/c1-11(2)18-15-13(5-4-6-14(15)17-3)12-7-9-16-10-8-12/h4-6,11-12,16H,7-10H2,1-3H3. The molecule has 0 saturated carbocycles. The lowest BCUT2D eigenvalue weighted by Crippen LogP contribution is -2.27. The Kier molecular flexibility index (Phi) is 4.48. The van der Waals surface area contributed by atoms with Gasteiger partial charge in [-0.1, -0.05) is 12.1 Å². The zero-order valence-electron chi connectivity index (χ0n) is 11.5. The average molecular weight is 249 g/mol. The molecule has 1 fully saturated rings. The molecule has 0 aromatic heterocycles. The second-order valence-corrected chi connectivity index (χ2v) is 5.07. The molecule has 0 unspecified atom stereocenters. The van der Waals surface area contributed by atoms with Gasteiger partial charge in [-0.3, -0.25) is 0 Å². The average Bonchev–Trinajstić information content (AvgIpc) is 2.39. The Morgan fingerprint density at radius 1 is 1.22 bits per heavy atom. The summed E-state index contributed by atoms with van der Waals surface area (Å²) in [5.74, 6) is 2.36. The van der Waals surface area contributed by atoms with Crippen LogP contribution in [0.2, 0.25) is 0 Å². The van der Waals surface area contributed by atoms with Crippen molar-refractivity contribution in [1.29, 1.82) is 0 Å². The van der Waals surface area contributed by atoms with Crippen molar-refractivity contribution in [2.45, 2.75) is 38.7 Å². The van der Waals surface area contributed by atoms with Gasteiger partial charge in [-0.2, -0.15) is 0 Å². The van der Waals surface area contributed by atoms with Crippen molar-refractivity contribution in [3.05, 3.63) is 23.8 Å². The lowest BCUT2D eigenvalue weighted by molar-refractivity contribution is 0.225. The van der Waals surface area contributed by atoms with E-state index in [0.29, 0.717) is 5.92 Å². The summed E-state index contributed by atoms with van der Waals surface area (Å²) >= 11 is 0. The van der Waals surface area contributed by atoms with Crippen molar-refractivity contribution >= 4 is 0 Å². The number of piperidine rings is 1. The Hall–Kier alpha value is -1.22. The summed E-state index contributed by atoms with van der Waals surface area (Å²) in [5.41, 5.74) is 1.30. The molecule has 1 aliphatic rings. The number of benzene rings is 1. The van der Waals surface area contributed by atoms with Crippen LogP contribution in [0.3, 0.4) is 0 Å². The van der Waals surface area contributed by atoms with Gasteiger partial charge in [0.05, 0.1) is 13.2 Å². The summed E-state index contributed by atoms with van der Waals surface area (Å²) in [4.78, 5) is 0. The number of nitrogens with one attached hydrogen (secondary N) is 1. The van der Waals surface area contributed by atoms with Crippen LogP contribution in [0, 0.1) is 0 Å². The third kappa shape index (κ3) is 2.96. The van der Waals surface area contributed by atoms with E-state index in [1.54, 1.807) is 7.11 Å². The van der Waals surface area contributed by atoms with Gasteiger partial charge in [0.2, 0.25) is 0 Å². The van der Waals surface area contributed by atoms with Gasteiger partial charge in [-0.05, 0) is 51.8 Å². The maximum absolute atomic E-state index is 5.98. The number of hydrogen-bond acceptors (Lipinski definition) is 3. The topological polar surface area (TPSA) is 30.5 Å². The van der Waals surface area contributed by atoms with E-state index in [1.165, 1.54) is 18.4 Å². The molecule has 3 heteroatoms. The minimum atomic E-state index is 0.168. The molecule has 1 heterocycles. The number of methoxy groups -OCH3 is 1. The first-order valence-corrected chi connectivity index (χ1v) is 6.76. The number of hydrogen-bond donors (Lipinski definition) is 1. The predicted octanol–water partition coefficient (Wildman–Crippen LogP) is 2.95. The maximum atomic E-state index is 5.98. The lowest BCUT2D eigenvalue weighted by Gasteiger charge is -2.26. The van der Waals surface area contributed by atoms with E-state index < -0.39 is 0 Å². The van der Waals surface area contributed by atoms with Gasteiger partial charge >= 0.3 is 0 Å². The monoisotopic (exact) mass is 249 g/mol. The van der Waals surface area contributed by atoms with Crippen LogP contribution >= 0.6 is 0 Å². The molecular weight excluding hydrogens is 226 g/mol. The number of ether oxygens (including phenoxy) is 2. The zero-order chi connectivity index (χ0) is 13.0. The highest BCUT2D eigenvalue weighted by molar-refractivity contribution is 5.48. The van der Waals surface area contributed by atoms with Crippen molar-refractivity contribution in [1.82, 2.24) is 5.32 Å². The van der Waals surface area contributed by atoms with E-state index in [-0.39, 0.29) is 6.10 Å². The highest BCUT2D eigenvalue weighted by Crippen LogP contribution is 2.39. The Bertz CT molecular complexity index is 384. The maximum Gasteiger partial charge on any atom is 0.164 e. The molecule has 0 bridgehead atoms. The van der Waals surface area contributed by atoms with Gasteiger partial charge in [0, 0.05) is 5.56 Å². The molecule has 1 aliphatic heterocycles. The molecule has 1 N–H and O–H groups in total. The molecular formula is C15H23NO2. The van der Waals surface area contributed by atoms with Gasteiger partial charge in [0.15, 0.2) is 11.5 Å². The lowest BCUT2D eigenvalue weighted by atomic mass is 9.89. The van der Waals surface area contributed by atoms with Crippen LogP contribution in [-0.4, -0.2) is 26.3 Å². The molecule has 0 atom stereocenters. The fourth-order valence-corrected chi connectivity index (χ4v) is 2.51. The largest absolute Gasteiger partial charge is 0.493 e. The van der Waals surface area contributed by atoms with Crippen LogP contribution in [0.1, 0.15) is 38.2 Å². The second kappa shape index (κ2) is 6.10. The van der Waals surface area contributed by atoms with Gasteiger partial charge in [-0.15, -0.1) is 0 Å². The highest BCUT2D eigenvalue weighted by Gasteiger charge is 2.21. The summed E-state index contributed by atoms with van der Waals surface area (Å²) in [6.45, 7) is 6.28. The van der Waals surface area contributed by atoms with Crippen molar-refractivity contribution < 1.29 is 9.47 Å². The molecule has 1 saturated heterocycles. The summed E-state index contributed by atoms with van der Waals surface area (Å²) in [7, 11) is 1.70. The van der Waals surface area contributed by atoms with Gasteiger partial charge in [0.1, 0.15) is 0 Å². The molecule has 1 aromatic rings. The van der Waals surface area contributed by atoms with Crippen molar-refractivity contribution in [3.8, 4) is 11.5 Å². The Morgan fingerprint density at radius 3 is 2.56 bits per heavy atom. The van der Waals surface area contributed by atoms with E-state index >= 15 is 0 Å². The first-order valence-electron chi connectivity index (χ1n) is 6.76. The molecule has 0 radical (unpaired) electrons. The van der Waals surface area contributed by atoms with Crippen LogP contribution in [-0.2, 0) is 0 Å². The summed E-state index contributed by atoms with van der Waals surface area (Å²) in [6, 6.07) is 6.21. The first kappa shape index (κ1) is 13.2. The van der Waals surface area contributed by atoms with E-state index in [1.807, 2.05) is 6.07 Å². The number of para-hydroxylation sites is 1. The van der Waals surface area contributed by atoms with E-state index in [9.17, 15) is 0 Å². The molecule has 2 rings (SSSR count). The first-order chi connectivity index (χ1) is 8.72. The van der Waals surface area contributed by atoms with Gasteiger partial charge in [-0.25, -0.2) is 0 Å².